The van der Waals surface area contributed by atoms with Gasteiger partial charge >= 0.3 is 0 Å². The van der Waals surface area contributed by atoms with E-state index < -0.39 is 28.0 Å². The second-order valence-corrected chi connectivity index (χ2v) is 8.27. The number of carbonyl (C=O) groups is 1. The molecule has 0 saturated carbocycles. The van der Waals surface area contributed by atoms with Crippen LogP contribution in [-0.4, -0.2) is 40.8 Å². The zero-order chi connectivity index (χ0) is 20.9. The summed E-state index contributed by atoms with van der Waals surface area (Å²) in [7, 11) is -0.557. The molecule has 0 unspecified atom stereocenters. The van der Waals surface area contributed by atoms with Gasteiger partial charge in [-0.3, -0.25) is 9.10 Å². The first kappa shape index (κ1) is 21.6. The number of para-hydroxylation sites is 1. The van der Waals surface area contributed by atoms with Crippen LogP contribution >= 0.6 is 0 Å². The average molecular weight is 407 g/mol. The number of carbonyl (C=O) groups excluding carboxylic acids is 1. The minimum Gasteiger partial charge on any atom is -0.497 e. The van der Waals surface area contributed by atoms with Crippen molar-refractivity contribution in [2.24, 2.45) is 0 Å². The summed E-state index contributed by atoms with van der Waals surface area (Å²) in [6.07, 6.45) is 1.08. The highest BCUT2D eigenvalue weighted by Crippen LogP contribution is 2.29. The number of hydrogen-bond donors (Lipinski definition) is 1. The quantitative estimate of drug-likeness (QED) is 0.729. The molecule has 0 spiro atoms. The molecule has 2 aromatic carbocycles. The molecule has 8 heteroatoms. The molecule has 0 heterocycles. The number of rotatable bonds is 8. The van der Waals surface area contributed by atoms with Crippen LogP contribution < -0.4 is 19.1 Å². The normalized spacial score (nSPS) is 13.3. The molecule has 1 amide bonds. The van der Waals surface area contributed by atoms with E-state index in [9.17, 15) is 13.2 Å². The van der Waals surface area contributed by atoms with Crippen molar-refractivity contribution in [3.63, 3.8) is 0 Å². The first-order chi connectivity index (χ1) is 13.2. The highest BCUT2D eigenvalue weighted by Gasteiger charge is 2.30. The summed E-state index contributed by atoms with van der Waals surface area (Å²) in [6.45, 7) is 3.36. The molecule has 2 atom stereocenters. The van der Waals surface area contributed by atoms with Crippen LogP contribution in [0.5, 0.6) is 11.5 Å². The maximum absolute atomic E-state index is 12.9. The van der Waals surface area contributed by atoms with Crippen molar-refractivity contribution in [1.82, 2.24) is 5.32 Å². The van der Waals surface area contributed by atoms with E-state index >= 15 is 0 Å². The van der Waals surface area contributed by atoms with E-state index in [4.69, 9.17) is 9.47 Å². The summed E-state index contributed by atoms with van der Waals surface area (Å²) in [5.74, 6) is 0.808. The van der Waals surface area contributed by atoms with E-state index in [0.29, 0.717) is 17.2 Å². The van der Waals surface area contributed by atoms with Crippen molar-refractivity contribution in [2.45, 2.75) is 25.9 Å². The van der Waals surface area contributed by atoms with Gasteiger partial charge in [-0.25, -0.2) is 8.42 Å². The molecule has 0 saturated heterocycles. The van der Waals surface area contributed by atoms with Gasteiger partial charge in [-0.1, -0.05) is 18.2 Å². The third-order valence-corrected chi connectivity index (χ3v) is 5.60. The van der Waals surface area contributed by atoms with Crippen LogP contribution in [-0.2, 0) is 14.8 Å². The van der Waals surface area contributed by atoms with Crippen LogP contribution in [0, 0.1) is 0 Å². The molecule has 152 valence electrons. The molecule has 1 N–H and O–H groups in total. The monoisotopic (exact) mass is 406 g/mol. The molecule has 0 radical (unpaired) electrons. The standard InChI is InChI=1S/C20H26N2O5S/c1-14(18-13-17(26-3)11-12-19(18)27-4)21-20(23)15(2)22(28(5,24)25)16-9-7-6-8-10-16/h6-15H,1-5H3,(H,21,23)/t14-,15-/m1/s1. The minimum absolute atomic E-state index is 0.419. The van der Waals surface area contributed by atoms with Crippen molar-refractivity contribution in [2.75, 3.05) is 24.8 Å². The molecule has 0 aliphatic rings. The van der Waals surface area contributed by atoms with Crippen molar-refractivity contribution in [3.8, 4) is 11.5 Å². The summed E-state index contributed by atoms with van der Waals surface area (Å²) in [5.41, 5.74) is 1.16. The smallest absolute Gasteiger partial charge is 0.244 e. The first-order valence-electron chi connectivity index (χ1n) is 8.75. The summed E-state index contributed by atoms with van der Waals surface area (Å²) in [5, 5.41) is 2.86. The van der Waals surface area contributed by atoms with Crippen molar-refractivity contribution >= 4 is 21.6 Å². The largest absolute Gasteiger partial charge is 0.497 e. The van der Waals surface area contributed by atoms with Gasteiger partial charge in [0.15, 0.2) is 0 Å². The van der Waals surface area contributed by atoms with Crippen LogP contribution in [0.25, 0.3) is 0 Å². The molecule has 0 aliphatic carbocycles. The van der Waals surface area contributed by atoms with Crippen LogP contribution in [0.4, 0.5) is 5.69 Å². The number of benzene rings is 2. The molecular formula is C20H26N2O5S. The number of anilines is 1. The van der Waals surface area contributed by atoms with E-state index in [2.05, 4.69) is 5.32 Å². The second kappa shape index (κ2) is 8.97. The Labute approximate surface area is 166 Å². The molecule has 0 fully saturated rings. The molecule has 7 nitrogen and oxygen atoms in total. The van der Waals surface area contributed by atoms with E-state index in [-0.39, 0.29) is 0 Å². The zero-order valence-corrected chi connectivity index (χ0v) is 17.5. The summed E-state index contributed by atoms with van der Waals surface area (Å²) in [4.78, 5) is 12.9. The number of ether oxygens (including phenoxy) is 2. The summed E-state index contributed by atoms with van der Waals surface area (Å²) in [6, 6.07) is 12.5. The fourth-order valence-electron chi connectivity index (χ4n) is 2.97. The topological polar surface area (TPSA) is 84.9 Å². The van der Waals surface area contributed by atoms with Gasteiger partial charge in [0.05, 0.1) is 32.2 Å². The Morgan fingerprint density at radius 1 is 1.04 bits per heavy atom. The van der Waals surface area contributed by atoms with E-state index in [0.717, 1.165) is 16.1 Å². The second-order valence-electron chi connectivity index (χ2n) is 6.41. The number of methoxy groups -OCH3 is 2. The zero-order valence-electron chi connectivity index (χ0n) is 16.7. The van der Waals surface area contributed by atoms with Gasteiger partial charge in [0, 0.05) is 5.56 Å². The van der Waals surface area contributed by atoms with Crippen molar-refractivity contribution in [3.05, 3.63) is 54.1 Å². The number of nitrogens with zero attached hydrogens (tertiary/aromatic N) is 1. The Morgan fingerprint density at radius 2 is 1.68 bits per heavy atom. The predicted octanol–water partition coefficient (Wildman–Crippen LogP) is 2.74. The van der Waals surface area contributed by atoms with Gasteiger partial charge in [-0.2, -0.15) is 0 Å². The number of sulfonamides is 1. The lowest BCUT2D eigenvalue weighted by Gasteiger charge is -2.29. The van der Waals surface area contributed by atoms with E-state index in [1.807, 2.05) is 0 Å². The van der Waals surface area contributed by atoms with Crippen molar-refractivity contribution in [1.29, 1.82) is 0 Å². The number of nitrogens with one attached hydrogen (secondary N) is 1. The molecule has 0 aliphatic heterocycles. The number of hydrogen-bond acceptors (Lipinski definition) is 5. The molecular weight excluding hydrogens is 380 g/mol. The fourth-order valence-corrected chi connectivity index (χ4v) is 4.15. The minimum atomic E-state index is -3.66. The molecule has 0 bridgehead atoms. The van der Waals surface area contributed by atoms with Crippen molar-refractivity contribution < 1.29 is 22.7 Å². The summed E-state index contributed by atoms with van der Waals surface area (Å²) < 4.78 is 36.4. The van der Waals surface area contributed by atoms with Gasteiger partial charge in [-0.05, 0) is 44.2 Å². The van der Waals surface area contributed by atoms with Gasteiger partial charge < -0.3 is 14.8 Å². The molecule has 2 aromatic rings. The predicted molar refractivity (Wildman–Crippen MR) is 109 cm³/mol. The Kier molecular flexibility index (Phi) is 6.90. The summed E-state index contributed by atoms with van der Waals surface area (Å²) >= 11 is 0. The highest BCUT2D eigenvalue weighted by molar-refractivity contribution is 7.92. The van der Waals surface area contributed by atoms with Gasteiger partial charge in [-0.15, -0.1) is 0 Å². The Hall–Kier alpha value is -2.74. The highest BCUT2D eigenvalue weighted by atomic mass is 32.2. The molecule has 2 rings (SSSR count). The number of amides is 1. The van der Waals surface area contributed by atoms with Crippen LogP contribution in [0.3, 0.4) is 0 Å². The maximum Gasteiger partial charge on any atom is 0.244 e. The van der Waals surface area contributed by atoms with Gasteiger partial charge in [0.1, 0.15) is 17.5 Å². The van der Waals surface area contributed by atoms with E-state index in [1.54, 1.807) is 76.6 Å². The van der Waals surface area contributed by atoms with E-state index in [1.165, 1.54) is 0 Å². The van der Waals surface area contributed by atoms with Crippen LogP contribution in [0.15, 0.2) is 48.5 Å². The first-order valence-corrected chi connectivity index (χ1v) is 10.6. The third-order valence-electron chi connectivity index (χ3n) is 4.36. The maximum atomic E-state index is 12.9. The third kappa shape index (κ3) is 4.95. The average Bonchev–Trinajstić information content (AvgIpc) is 2.67. The van der Waals surface area contributed by atoms with Gasteiger partial charge in [0.2, 0.25) is 15.9 Å². The lowest BCUT2D eigenvalue weighted by molar-refractivity contribution is -0.122. The molecule has 28 heavy (non-hydrogen) atoms. The lowest BCUT2D eigenvalue weighted by atomic mass is 10.1. The SMILES string of the molecule is COc1ccc(OC)c([C@@H](C)NC(=O)[C@@H](C)N(c2ccccc2)S(C)(=O)=O)c1. The van der Waals surface area contributed by atoms with Crippen LogP contribution in [0.2, 0.25) is 0 Å². The lowest BCUT2D eigenvalue weighted by Crippen LogP contribution is -2.48. The Bertz CT molecular complexity index is 915. The Balaban J connectivity index is 2.27. The Morgan fingerprint density at radius 3 is 2.21 bits per heavy atom. The molecule has 0 aromatic heterocycles. The van der Waals surface area contributed by atoms with Gasteiger partial charge in [0.25, 0.3) is 0 Å². The fraction of sp³-hybridized carbons (Fsp3) is 0.350. The van der Waals surface area contributed by atoms with Crippen LogP contribution in [0.1, 0.15) is 25.5 Å².